The van der Waals surface area contributed by atoms with Gasteiger partial charge >= 0.3 is 5.97 Å². The average molecular weight is 309 g/mol. The minimum absolute atomic E-state index is 0.0135. The van der Waals surface area contributed by atoms with Crippen LogP contribution in [-0.4, -0.2) is 21.0 Å². The molecule has 2 aromatic rings. The Bertz CT molecular complexity index is 732. The van der Waals surface area contributed by atoms with Crippen molar-refractivity contribution in [3.05, 3.63) is 56.7 Å². The molecular weight excluding hydrogens is 300 g/mol. The number of hydrogen-bond donors (Lipinski definition) is 1. The molecular formula is C13H9ClN2O5. The highest BCUT2D eigenvalue weighted by Crippen LogP contribution is 2.29. The second kappa shape index (κ2) is 5.76. The SMILES string of the molecule is Cc1ccc([N+](=O)[O-])cc1Oc1cc(C(=O)O)c(Cl)cn1. The molecule has 0 atom stereocenters. The van der Waals surface area contributed by atoms with Gasteiger partial charge in [0.05, 0.1) is 27.8 Å². The maximum absolute atomic E-state index is 11.0. The van der Waals surface area contributed by atoms with Crippen molar-refractivity contribution in [1.29, 1.82) is 0 Å². The fraction of sp³-hybridized carbons (Fsp3) is 0.0769. The lowest BCUT2D eigenvalue weighted by molar-refractivity contribution is -0.384. The topological polar surface area (TPSA) is 103 Å². The number of aromatic carboxylic acids is 1. The summed E-state index contributed by atoms with van der Waals surface area (Å²) in [5, 5.41) is 19.7. The Morgan fingerprint density at radius 3 is 2.76 bits per heavy atom. The van der Waals surface area contributed by atoms with Crippen LogP contribution in [0.1, 0.15) is 15.9 Å². The highest BCUT2D eigenvalue weighted by atomic mass is 35.5. The number of nitro groups is 1. The van der Waals surface area contributed by atoms with Gasteiger partial charge in [0.15, 0.2) is 0 Å². The molecule has 0 aliphatic heterocycles. The number of carboxylic acid groups (broad SMARTS) is 1. The highest BCUT2D eigenvalue weighted by Gasteiger charge is 2.14. The van der Waals surface area contributed by atoms with Crippen molar-refractivity contribution < 1.29 is 19.6 Å². The number of nitro benzene ring substituents is 1. The van der Waals surface area contributed by atoms with Gasteiger partial charge in [-0.3, -0.25) is 10.1 Å². The van der Waals surface area contributed by atoms with E-state index in [9.17, 15) is 14.9 Å². The Morgan fingerprint density at radius 1 is 1.43 bits per heavy atom. The number of ether oxygens (including phenoxy) is 1. The van der Waals surface area contributed by atoms with Crippen LogP contribution in [-0.2, 0) is 0 Å². The lowest BCUT2D eigenvalue weighted by Crippen LogP contribution is -2.00. The summed E-state index contributed by atoms with van der Waals surface area (Å²) < 4.78 is 5.41. The minimum atomic E-state index is -1.22. The molecule has 0 bridgehead atoms. The van der Waals surface area contributed by atoms with Crippen LogP contribution in [0.25, 0.3) is 0 Å². The predicted octanol–water partition coefficient (Wildman–Crippen LogP) is 3.44. The molecule has 108 valence electrons. The summed E-state index contributed by atoms with van der Waals surface area (Å²) in [7, 11) is 0. The monoisotopic (exact) mass is 308 g/mol. The Hall–Kier alpha value is -2.67. The van der Waals surface area contributed by atoms with Crippen molar-refractivity contribution in [2.75, 3.05) is 0 Å². The number of carboxylic acids is 1. The van der Waals surface area contributed by atoms with Crippen molar-refractivity contribution in [3.8, 4) is 11.6 Å². The van der Waals surface area contributed by atoms with E-state index < -0.39 is 10.9 Å². The lowest BCUT2D eigenvalue weighted by Gasteiger charge is -2.08. The number of aromatic nitrogens is 1. The number of nitrogens with zero attached hydrogens (tertiary/aromatic N) is 2. The number of non-ortho nitro benzene ring substituents is 1. The molecule has 0 unspecified atom stereocenters. The summed E-state index contributed by atoms with van der Waals surface area (Å²) in [4.78, 5) is 25.0. The largest absolute Gasteiger partial charge is 0.478 e. The molecule has 21 heavy (non-hydrogen) atoms. The van der Waals surface area contributed by atoms with Gasteiger partial charge in [0.2, 0.25) is 5.88 Å². The first-order valence-corrected chi connectivity index (χ1v) is 6.08. The Balaban J connectivity index is 2.38. The number of pyridine rings is 1. The first-order chi connectivity index (χ1) is 9.88. The van der Waals surface area contributed by atoms with E-state index in [0.717, 1.165) is 12.3 Å². The third-order valence-electron chi connectivity index (χ3n) is 2.66. The quantitative estimate of drug-likeness (QED) is 0.685. The number of hydrogen-bond acceptors (Lipinski definition) is 5. The normalized spacial score (nSPS) is 10.2. The van der Waals surface area contributed by atoms with Crippen LogP contribution in [0.5, 0.6) is 11.6 Å². The summed E-state index contributed by atoms with van der Waals surface area (Å²) in [5.41, 5.74) is 0.349. The third kappa shape index (κ3) is 3.26. The van der Waals surface area contributed by atoms with Gasteiger partial charge in [0, 0.05) is 12.1 Å². The van der Waals surface area contributed by atoms with Gasteiger partial charge in [-0.1, -0.05) is 11.6 Å². The maximum atomic E-state index is 11.0. The molecule has 0 saturated heterocycles. The molecule has 2 rings (SSSR count). The zero-order valence-corrected chi connectivity index (χ0v) is 11.5. The molecule has 1 N–H and O–H groups in total. The van der Waals surface area contributed by atoms with E-state index in [2.05, 4.69) is 4.98 Å². The first-order valence-electron chi connectivity index (χ1n) is 5.70. The minimum Gasteiger partial charge on any atom is -0.478 e. The van der Waals surface area contributed by atoms with Crippen LogP contribution >= 0.6 is 11.6 Å². The summed E-state index contributed by atoms with van der Waals surface area (Å²) in [6.45, 7) is 1.70. The van der Waals surface area contributed by atoms with E-state index in [1.807, 2.05) is 0 Å². The molecule has 0 fully saturated rings. The summed E-state index contributed by atoms with van der Waals surface area (Å²) in [6, 6.07) is 5.27. The van der Waals surface area contributed by atoms with Crippen LogP contribution in [0.4, 0.5) is 5.69 Å². The number of benzene rings is 1. The van der Waals surface area contributed by atoms with Crippen molar-refractivity contribution >= 4 is 23.3 Å². The Labute approximate surface area is 123 Å². The van der Waals surface area contributed by atoms with Gasteiger partial charge in [-0.15, -0.1) is 0 Å². The van der Waals surface area contributed by atoms with Crippen LogP contribution in [0.3, 0.4) is 0 Å². The van der Waals surface area contributed by atoms with Crippen molar-refractivity contribution in [3.63, 3.8) is 0 Å². The molecule has 8 heteroatoms. The molecule has 1 aromatic carbocycles. The van der Waals surface area contributed by atoms with E-state index in [1.165, 1.54) is 18.2 Å². The zero-order chi connectivity index (χ0) is 15.6. The number of halogens is 1. The fourth-order valence-electron chi connectivity index (χ4n) is 1.56. The van der Waals surface area contributed by atoms with Crippen LogP contribution < -0.4 is 4.74 Å². The van der Waals surface area contributed by atoms with E-state index in [1.54, 1.807) is 6.92 Å². The molecule has 0 spiro atoms. The van der Waals surface area contributed by atoms with Gasteiger partial charge in [0.1, 0.15) is 5.75 Å². The molecule has 1 aromatic heterocycles. The van der Waals surface area contributed by atoms with Gasteiger partial charge < -0.3 is 9.84 Å². The zero-order valence-electron chi connectivity index (χ0n) is 10.7. The predicted molar refractivity (Wildman–Crippen MR) is 74.1 cm³/mol. The van der Waals surface area contributed by atoms with Gasteiger partial charge in [0.25, 0.3) is 5.69 Å². The smallest absolute Gasteiger partial charge is 0.337 e. The van der Waals surface area contributed by atoms with Crippen molar-refractivity contribution in [2.45, 2.75) is 6.92 Å². The second-order valence-corrected chi connectivity index (χ2v) is 4.52. The fourth-order valence-corrected chi connectivity index (χ4v) is 1.75. The highest BCUT2D eigenvalue weighted by molar-refractivity contribution is 6.33. The summed E-state index contributed by atoms with van der Waals surface area (Å²) >= 11 is 5.70. The van der Waals surface area contributed by atoms with Crippen molar-refractivity contribution in [1.82, 2.24) is 4.98 Å². The average Bonchev–Trinajstić information content (AvgIpc) is 2.42. The molecule has 0 radical (unpaired) electrons. The van der Waals surface area contributed by atoms with Crippen LogP contribution in [0, 0.1) is 17.0 Å². The second-order valence-electron chi connectivity index (χ2n) is 4.12. The van der Waals surface area contributed by atoms with E-state index in [4.69, 9.17) is 21.4 Å². The van der Waals surface area contributed by atoms with Gasteiger partial charge in [-0.05, 0) is 18.6 Å². The van der Waals surface area contributed by atoms with Crippen LogP contribution in [0.15, 0.2) is 30.5 Å². The molecule has 1 heterocycles. The summed E-state index contributed by atoms with van der Waals surface area (Å²) in [6.07, 6.45) is 1.15. The molecule has 0 aliphatic carbocycles. The molecule has 0 aliphatic rings. The Kier molecular flexibility index (Phi) is 4.04. The molecule has 0 amide bonds. The van der Waals surface area contributed by atoms with E-state index in [-0.39, 0.29) is 27.9 Å². The van der Waals surface area contributed by atoms with Gasteiger partial charge in [-0.25, -0.2) is 9.78 Å². The molecule has 7 nitrogen and oxygen atoms in total. The number of carbonyl (C=O) groups is 1. The third-order valence-corrected chi connectivity index (χ3v) is 2.96. The maximum Gasteiger partial charge on any atom is 0.337 e. The summed E-state index contributed by atoms with van der Waals surface area (Å²) in [5.74, 6) is -1.02. The van der Waals surface area contributed by atoms with E-state index in [0.29, 0.717) is 5.56 Å². The first kappa shape index (κ1) is 14.7. The van der Waals surface area contributed by atoms with Crippen LogP contribution in [0.2, 0.25) is 5.02 Å². The van der Waals surface area contributed by atoms with E-state index >= 15 is 0 Å². The number of rotatable bonds is 4. The lowest BCUT2D eigenvalue weighted by atomic mass is 10.2. The molecule has 0 saturated carbocycles. The van der Waals surface area contributed by atoms with Gasteiger partial charge in [-0.2, -0.15) is 0 Å². The number of aryl methyl sites for hydroxylation is 1. The Morgan fingerprint density at radius 2 is 2.14 bits per heavy atom. The standard InChI is InChI=1S/C13H9ClN2O5/c1-7-2-3-8(16(19)20)4-11(7)21-12-5-9(13(17)18)10(14)6-15-12/h2-6H,1H3,(H,17,18). The van der Waals surface area contributed by atoms with Crippen molar-refractivity contribution in [2.24, 2.45) is 0 Å².